The number of amides is 1. The fourth-order valence-electron chi connectivity index (χ4n) is 3.86. The van der Waals surface area contributed by atoms with Gasteiger partial charge in [0.15, 0.2) is 6.10 Å². The summed E-state index contributed by atoms with van der Waals surface area (Å²) in [6, 6.07) is -0.134. The van der Waals surface area contributed by atoms with Crippen molar-refractivity contribution < 1.29 is 19.7 Å². The Kier molecular flexibility index (Phi) is 7.25. The Morgan fingerprint density at radius 3 is 2.82 bits per heavy atom. The second-order valence-electron chi connectivity index (χ2n) is 7.39. The molecule has 8 N–H and O–H groups in total. The predicted molar refractivity (Wildman–Crippen MR) is 102 cm³/mol. The maximum atomic E-state index is 12.1. The van der Waals surface area contributed by atoms with Gasteiger partial charge in [-0.15, -0.1) is 5.92 Å². The van der Waals surface area contributed by atoms with Crippen LogP contribution in [0.1, 0.15) is 33.1 Å². The van der Waals surface area contributed by atoms with Crippen molar-refractivity contribution in [2.75, 3.05) is 13.2 Å². The molecule has 0 bridgehead atoms. The van der Waals surface area contributed by atoms with Crippen LogP contribution in [0.2, 0.25) is 0 Å². The number of aliphatic hydroxyl groups is 2. The van der Waals surface area contributed by atoms with E-state index in [1.807, 2.05) is 4.90 Å². The number of ether oxygens (including phenoxy) is 1. The number of nitrogens with one attached hydrogen (secondary N) is 4. The second-order valence-corrected chi connectivity index (χ2v) is 7.39. The minimum atomic E-state index is -1.30. The molecule has 0 aromatic rings. The van der Waals surface area contributed by atoms with E-state index in [2.05, 4.69) is 40.0 Å². The Bertz CT molecular complexity index is 611. The van der Waals surface area contributed by atoms with Crippen molar-refractivity contribution in [3.63, 3.8) is 0 Å². The van der Waals surface area contributed by atoms with Gasteiger partial charge in [0.05, 0.1) is 25.0 Å². The molecule has 6 unspecified atom stereocenters. The molecule has 28 heavy (non-hydrogen) atoms. The number of nitrogens with two attached hydrogens (primary N) is 1. The van der Waals surface area contributed by atoms with Crippen molar-refractivity contribution in [3.05, 3.63) is 0 Å². The average molecular weight is 396 g/mol. The fourth-order valence-corrected chi connectivity index (χ4v) is 3.86. The topological polar surface area (TPSA) is 144 Å². The zero-order chi connectivity index (χ0) is 20.3. The van der Waals surface area contributed by atoms with Crippen LogP contribution in [-0.2, 0) is 9.53 Å². The van der Waals surface area contributed by atoms with Crippen LogP contribution in [0, 0.1) is 11.8 Å². The Labute approximate surface area is 165 Å². The average Bonchev–Trinajstić information content (AvgIpc) is 3.21. The number of aliphatic hydroxyl groups excluding tert-OH is 2. The smallest absolute Gasteiger partial charge is 0.252 e. The maximum Gasteiger partial charge on any atom is 0.252 e. The lowest BCUT2D eigenvalue weighted by Gasteiger charge is -2.41. The Morgan fingerprint density at radius 2 is 2.11 bits per heavy atom. The van der Waals surface area contributed by atoms with Crippen LogP contribution in [0.25, 0.3) is 0 Å². The van der Waals surface area contributed by atoms with Crippen molar-refractivity contribution in [2.45, 2.75) is 82.2 Å². The first-order valence-electron chi connectivity index (χ1n) is 10.0. The highest BCUT2D eigenvalue weighted by Gasteiger charge is 2.53. The molecule has 0 aromatic carbocycles. The first-order valence-corrected chi connectivity index (χ1v) is 10.0. The third-order valence-corrected chi connectivity index (χ3v) is 5.37. The van der Waals surface area contributed by atoms with Gasteiger partial charge in [-0.3, -0.25) is 20.7 Å². The summed E-state index contributed by atoms with van der Waals surface area (Å²) < 4.78 is 5.75. The fraction of sp³-hybridized carbons (Fsp3) is 0.833. The van der Waals surface area contributed by atoms with Crippen LogP contribution in [0.15, 0.2) is 0 Å². The van der Waals surface area contributed by atoms with E-state index in [-0.39, 0.29) is 24.5 Å². The molecule has 3 rings (SSSR count). The van der Waals surface area contributed by atoms with E-state index in [0.29, 0.717) is 13.2 Å². The molecule has 0 aliphatic carbocycles. The van der Waals surface area contributed by atoms with Gasteiger partial charge in [-0.05, 0) is 13.3 Å². The maximum absolute atomic E-state index is 12.1. The van der Waals surface area contributed by atoms with Gasteiger partial charge in [0.2, 0.25) is 0 Å². The van der Waals surface area contributed by atoms with Crippen molar-refractivity contribution >= 4 is 5.91 Å². The van der Waals surface area contributed by atoms with Crippen molar-refractivity contribution in [1.29, 1.82) is 0 Å². The van der Waals surface area contributed by atoms with Gasteiger partial charge in [-0.2, -0.15) is 0 Å². The van der Waals surface area contributed by atoms with Crippen LogP contribution in [0.4, 0.5) is 0 Å². The highest BCUT2D eigenvalue weighted by molar-refractivity contribution is 5.81. The van der Waals surface area contributed by atoms with E-state index < -0.39 is 30.4 Å². The summed E-state index contributed by atoms with van der Waals surface area (Å²) in [6.45, 7) is 4.72. The molecule has 3 saturated heterocycles. The summed E-state index contributed by atoms with van der Waals surface area (Å²) in [6.07, 6.45) is -2.39. The largest absolute Gasteiger partial charge is 0.387 e. The number of fused-ring (bicyclic) bond motifs is 1. The molecular formula is C18H32N6O4. The van der Waals surface area contributed by atoms with Gasteiger partial charge in [0.1, 0.15) is 24.6 Å². The van der Waals surface area contributed by atoms with E-state index in [4.69, 9.17) is 10.5 Å². The lowest BCUT2D eigenvalue weighted by Crippen LogP contribution is -2.72. The summed E-state index contributed by atoms with van der Waals surface area (Å²) in [5.41, 5.74) is 6.25. The molecule has 10 nitrogen and oxygen atoms in total. The standard InChI is InChI=1S/C18H32N6O4/c1-3-5-6-7-8-10-22-15(19)11-16(23-10)24(9-21-11)18-13(26)12(25)14(28-18)17(27)20-4-2/h10-16,18,21-23,25-26H,3-6,9,19H2,1-2H3,(H,20,27)/t10?,11?,12?,13?,14-,15?,16?,18+/m0/s1. The van der Waals surface area contributed by atoms with E-state index in [0.717, 1.165) is 19.3 Å². The van der Waals surface area contributed by atoms with Gasteiger partial charge in [0, 0.05) is 13.0 Å². The van der Waals surface area contributed by atoms with Gasteiger partial charge in [0.25, 0.3) is 5.91 Å². The van der Waals surface area contributed by atoms with Crippen molar-refractivity contribution in [2.24, 2.45) is 5.73 Å². The third kappa shape index (κ3) is 4.32. The molecule has 10 heteroatoms. The molecule has 0 spiro atoms. The minimum absolute atomic E-state index is 0.134. The molecular weight excluding hydrogens is 364 g/mol. The lowest BCUT2D eigenvalue weighted by atomic mass is 10.1. The van der Waals surface area contributed by atoms with E-state index in [9.17, 15) is 15.0 Å². The Morgan fingerprint density at radius 1 is 1.32 bits per heavy atom. The number of hydrogen-bond acceptors (Lipinski definition) is 9. The number of rotatable bonds is 5. The number of unbranched alkanes of at least 4 members (excludes halogenated alkanes) is 2. The van der Waals surface area contributed by atoms with Gasteiger partial charge >= 0.3 is 0 Å². The molecule has 3 aliphatic heterocycles. The van der Waals surface area contributed by atoms with E-state index in [1.54, 1.807) is 6.92 Å². The Hall–Kier alpha value is -1.29. The highest BCUT2D eigenvalue weighted by atomic mass is 16.6. The zero-order valence-corrected chi connectivity index (χ0v) is 16.4. The molecule has 0 saturated carbocycles. The lowest BCUT2D eigenvalue weighted by molar-refractivity contribution is -0.143. The summed E-state index contributed by atoms with van der Waals surface area (Å²) in [5.74, 6) is 5.87. The van der Waals surface area contributed by atoms with E-state index in [1.165, 1.54) is 0 Å². The first kappa shape index (κ1) is 21.4. The summed E-state index contributed by atoms with van der Waals surface area (Å²) in [4.78, 5) is 14.0. The zero-order valence-electron chi connectivity index (χ0n) is 16.4. The normalized spacial score (nSPS) is 40.6. The number of nitrogens with zero attached hydrogens (tertiary/aromatic N) is 1. The van der Waals surface area contributed by atoms with Crippen molar-refractivity contribution in [1.82, 2.24) is 26.2 Å². The molecule has 3 aliphatic rings. The number of likely N-dealkylation sites (N-methyl/N-ethyl adjacent to an activating group) is 1. The quantitative estimate of drug-likeness (QED) is 0.193. The first-order chi connectivity index (χ1) is 13.5. The van der Waals surface area contributed by atoms with Crippen LogP contribution >= 0.6 is 0 Å². The predicted octanol–water partition coefficient (Wildman–Crippen LogP) is -2.88. The second kappa shape index (κ2) is 9.47. The monoisotopic (exact) mass is 396 g/mol. The van der Waals surface area contributed by atoms with Crippen LogP contribution in [0.3, 0.4) is 0 Å². The molecule has 8 atom stereocenters. The van der Waals surface area contributed by atoms with Gasteiger partial charge in [-0.1, -0.05) is 19.3 Å². The Balaban J connectivity index is 1.69. The number of carbonyl (C=O) groups excluding carboxylic acids is 1. The number of hydrogen-bond donors (Lipinski definition) is 7. The number of carbonyl (C=O) groups is 1. The molecule has 0 aromatic heterocycles. The third-order valence-electron chi connectivity index (χ3n) is 5.37. The van der Waals surface area contributed by atoms with Crippen LogP contribution in [-0.4, -0.2) is 83.3 Å². The minimum Gasteiger partial charge on any atom is -0.387 e. The summed E-state index contributed by atoms with van der Waals surface area (Å²) in [5, 5.41) is 33.3. The summed E-state index contributed by atoms with van der Waals surface area (Å²) >= 11 is 0. The molecule has 0 radical (unpaired) electrons. The van der Waals surface area contributed by atoms with E-state index >= 15 is 0 Å². The van der Waals surface area contributed by atoms with Crippen LogP contribution in [0.5, 0.6) is 0 Å². The van der Waals surface area contributed by atoms with Gasteiger partial charge in [-0.25, -0.2) is 4.90 Å². The molecule has 3 heterocycles. The highest BCUT2D eigenvalue weighted by Crippen LogP contribution is 2.28. The van der Waals surface area contributed by atoms with Crippen molar-refractivity contribution in [3.8, 4) is 11.8 Å². The molecule has 158 valence electrons. The SMILES string of the molecule is CCCCC#CC1NC(N)C2NCN([C@@H]3O[C@H](C(=O)NCC)C(O)C3O)C2N1. The van der Waals surface area contributed by atoms with Gasteiger partial charge < -0.3 is 26.0 Å². The van der Waals surface area contributed by atoms with Crippen LogP contribution < -0.4 is 27.0 Å². The molecule has 3 fully saturated rings. The summed E-state index contributed by atoms with van der Waals surface area (Å²) in [7, 11) is 0. The molecule has 1 amide bonds.